The maximum Gasteiger partial charge on any atom is 0.229 e. The third kappa shape index (κ3) is 4.96. The molecule has 0 spiro atoms. The number of aliphatic imine (C=N–C) groups is 1. The van der Waals surface area contributed by atoms with Crippen LogP contribution in [0.4, 0.5) is 5.69 Å². The summed E-state index contributed by atoms with van der Waals surface area (Å²) in [5.41, 5.74) is 8.03. The van der Waals surface area contributed by atoms with E-state index in [0.29, 0.717) is 11.5 Å². The van der Waals surface area contributed by atoms with Crippen LogP contribution < -0.4 is 0 Å². The van der Waals surface area contributed by atoms with Gasteiger partial charge in [-0.1, -0.05) is 93.6 Å². The lowest BCUT2D eigenvalue weighted by Gasteiger charge is -2.20. The topological polar surface area (TPSA) is 62.2 Å². The first-order valence-corrected chi connectivity index (χ1v) is 14.4. The third-order valence-corrected chi connectivity index (χ3v) is 7.94. The van der Waals surface area contributed by atoms with Crippen LogP contribution in [0.15, 0.2) is 125 Å². The van der Waals surface area contributed by atoms with Crippen LogP contribution in [0.3, 0.4) is 0 Å². The van der Waals surface area contributed by atoms with Crippen LogP contribution >= 0.6 is 0 Å². The van der Waals surface area contributed by atoms with Gasteiger partial charge in [-0.25, -0.2) is 4.98 Å². The summed E-state index contributed by atoms with van der Waals surface area (Å²) in [6.45, 7) is 6.61. The Morgan fingerprint density at radius 2 is 1.51 bits per heavy atom. The second-order valence-corrected chi connectivity index (χ2v) is 11.9. The molecule has 0 radical (unpaired) electrons. The van der Waals surface area contributed by atoms with Crippen LogP contribution in [0.25, 0.3) is 55.2 Å². The van der Waals surface area contributed by atoms with Gasteiger partial charge < -0.3 is 4.42 Å². The number of nitrogens with zero attached hydrogens (tertiary/aromatic N) is 3. The van der Waals surface area contributed by atoms with Crippen molar-refractivity contribution in [3.8, 4) is 28.7 Å². The lowest BCUT2D eigenvalue weighted by molar-refractivity contribution is 0.584. The van der Waals surface area contributed by atoms with Crippen LogP contribution in [0.5, 0.6) is 0 Å². The van der Waals surface area contributed by atoms with Gasteiger partial charge >= 0.3 is 0 Å². The molecule has 0 aliphatic heterocycles. The van der Waals surface area contributed by atoms with Crippen molar-refractivity contribution >= 4 is 44.5 Å². The van der Waals surface area contributed by atoms with E-state index in [9.17, 15) is 5.26 Å². The summed E-state index contributed by atoms with van der Waals surface area (Å²) in [5, 5.41) is 13.8. The van der Waals surface area contributed by atoms with E-state index in [1.54, 1.807) is 0 Å². The van der Waals surface area contributed by atoms with Gasteiger partial charge in [0, 0.05) is 17.3 Å². The molecule has 0 fully saturated rings. The monoisotopic (exact) mass is 555 g/mol. The Bertz CT molecular complexity index is 2240. The van der Waals surface area contributed by atoms with Gasteiger partial charge in [0.25, 0.3) is 0 Å². The molecule has 0 bridgehead atoms. The second-order valence-electron chi connectivity index (χ2n) is 11.9. The molecule has 0 amide bonds. The Labute approximate surface area is 250 Å². The SMILES string of the molecule is CC(C)(C)c1cc(-c2ccc3cc(C#N)ccc3c2)c2nc(-c3ccccc3N=Cc3cccc4ccccc34)oc2c1. The quantitative estimate of drug-likeness (QED) is 0.203. The van der Waals surface area contributed by atoms with E-state index < -0.39 is 0 Å². The van der Waals surface area contributed by atoms with Crippen molar-refractivity contribution in [3.05, 3.63) is 132 Å². The maximum atomic E-state index is 9.33. The van der Waals surface area contributed by atoms with Crippen LogP contribution in [-0.2, 0) is 5.41 Å². The highest BCUT2D eigenvalue weighted by Gasteiger charge is 2.21. The highest BCUT2D eigenvalue weighted by Crippen LogP contribution is 2.39. The molecule has 1 aromatic heterocycles. The zero-order chi connectivity index (χ0) is 29.6. The van der Waals surface area contributed by atoms with Gasteiger partial charge in [0.05, 0.1) is 22.9 Å². The molecule has 206 valence electrons. The molecule has 0 aliphatic rings. The van der Waals surface area contributed by atoms with Gasteiger partial charge in [-0.3, -0.25) is 4.99 Å². The average Bonchev–Trinajstić information content (AvgIpc) is 3.47. The molecule has 4 heteroatoms. The molecule has 0 saturated heterocycles. The van der Waals surface area contributed by atoms with E-state index in [4.69, 9.17) is 14.4 Å². The Kier molecular flexibility index (Phi) is 6.37. The number of oxazole rings is 1. The number of benzene rings is 6. The van der Waals surface area contributed by atoms with Crippen molar-refractivity contribution in [2.75, 3.05) is 0 Å². The first-order chi connectivity index (χ1) is 20.9. The number of hydrogen-bond donors (Lipinski definition) is 0. The summed E-state index contributed by atoms with van der Waals surface area (Å²) < 4.78 is 6.51. The number of para-hydroxylation sites is 1. The zero-order valence-electron chi connectivity index (χ0n) is 24.3. The minimum atomic E-state index is -0.0882. The fourth-order valence-electron chi connectivity index (χ4n) is 5.55. The van der Waals surface area contributed by atoms with E-state index in [0.717, 1.165) is 55.2 Å². The van der Waals surface area contributed by atoms with Crippen LogP contribution in [0.2, 0.25) is 0 Å². The van der Waals surface area contributed by atoms with Gasteiger partial charge in [-0.05, 0) is 80.6 Å². The van der Waals surface area contributed by atoms with Crippen molar-refractivity contribution in [2.24, 2.45) is 4.99 Å². The standard InChI is InChI=1S/C39H29N3O/c1-39(2,3)31-21-34(29-18-17-27-19-25(23-40)15-16-28(27)20-29)37-36(22-31)43-38(42-37)33-13-6-7-14-35(33)41-24-30-11-8-10-26-9-4-5-12-32(26)30/h4-22,24H,1-3H3. The predicted molar refractivity (Wildman–Crippen MR) is 177 cm³/mol. The smallest absolute Gasteiger partial charge is 0.229 e. The number of aromatic nitrogens is 1. The molecule has 43 heavy (non-hydrogen) atoms. The van der Waals surface area contributed by atoms with Crippen molar-refractivity contribution < 1.29 is 4.42 Å². The lowest BCUT2D eigenvalue weighted by Crippen LogP contribution is -2.11. The molecule has 1 heterocycles. The van der Waals surface area contributed by atoms with Crippen molar-refractivity contribution in [1.29, 1.82) is 5.26 Å². The molecule has 6 aromatic carbocycles. The zero-order valence-corrected chi connectivity index (χ0v) is 24.3. The second kappa shape index (κ2) is 10.4. The summed E-state index contributed by atoms with van der Waals surface area (Å²) >= 11 is 0. The van der Waals surface area contributed by atoms with Crippen molar-refractivity contribution in [2.45, 2.75) is 26.2 Å². The molecule has 0 N–H and O–H groups in total. The van der Waals surface area contributed by atoms with Crippen molar-refractivity contribution in [3.63, 3.8) is 0 Å². The Morgan fingerprint density at radius 1 is 0.744 bits per heavy atom. The van der Waals surface area contributed by atoms with E-state index in [-0.39, 0.29) is 5.41 Å². The minimum absolute atomic E-state index is 0.0882. The van der Waals surface area contributed by atoms with E-state index >= 15 is 0 Å². The van der Waals surface area contributed by atoms with Gasteiger partial charge in [0.15, 0.2) is 5.58 Å². The summed E-state index contributed by atoms with van der Waals surface area (Å²) in [6.07, 6.45) is 1.92. The summed E-state index contributed by atoms with van der Waals surface area (Å²) in [5.74, 6) is 0.535. The van der Waals surface area contributed by atoms with Crippen LogP contribution in [0.1, 0.15) is 37.5 Å². The van der Waals surface area contributed by atoms with Gasteiger partial charge in [-0.2, -0.15) is 5.26 Å². The number of rotatable bonds is 4. The summed E-state index contributed by atoms with van der Waals surface area (Å²) in [4.78, 5) is 9.98. The van der Waals surface area contributed by atoms with E-state index in [1.807, 2.05) is 54.7 Å². The molecular weight excluding hydrogens is 526 g/mol. The molecule has 4 nitrogen and oxygen atoms in total. The number of hydrogen-bond acceptors (Lipinski definition) is 4. The Hall–Kier alpha value is -5.53. The molecule has 0 atom stereocenters. The number of nitriles is 1. The Morgan fingerprint density at radius 3 is 2.37 bits per heavy atom. The number of fused-ring (bicyclic) bond motifs is 3. The summed E-state index contributed by atoms with van der Waals surface area (Å²) in [6, 6.07) is 41.2. The molecule has 7 rings (SSSR count). The lowest BCUT2D eigenvalue weighted by atomic mass is 9.85. The molecule has 0 aliphatic carbocycles. The van der Waals surface area contributed by atoms with E-state index in [2.05, 4.69) is 93.6 Å². The fourth-order valence-corrected chi connectivity index (χ4v) is 5.55. The highest BCUT2D eigenvalue weighted by molar-refractivity contribution is 6.01. The molecular formula is C39H29N3O. The first-order valence-electron chi connectivity index (χ1n) is 14.4. The van der Waals surface area contributed by atoms with Gasteiger partial charge in [0.2, 0.25) is 5.89 Å². The van der Waals surface area contributed by atoms with E-state index in [1.165, 1.54) is 10.9 Å². The Balaban J connectivity index is 1.36. The van der Waals surface area contributed by atoms with Gasteiger partial charge in [0.1, 0.15) is 5.52 Å². The first kappa shape index (κ1) is 26.4. The summed E-state index contributed by atoms with van der Waals surface area (Å²) in [7, 11) is 0. The minimum Gasteiger partial charge on any atom is -0.436 e. The van der Waals surface area contributed by atoms with Crippen LogP contribution in [0, 0.1) is 11.3 Å². The van der Waals surface area contributed by atoms with Crippen LogP contribution in [-0.4, -0.2) is 11.2 Å². The van der Waals surface area contributed by atoms with Crippen molar-refractivity contribution in [1.82, 2.24) is 4.98 Å². The fraction of sp³-hybridized carbons (Fsp3) is 0.103. The average molecular weight is 556 g/mol. The maximum absolute atomic E-state index is 9.33. The molecule has 7 aromatic rings. The highest BCUT2D eigenvalue weighted by atomic mass is 16.3. The molecule has 0 saturated carbocycles. The normalized spacial score (nSPS) is 12.0. The third-order valence-electron chi connectivity index (χ3n) is 7.94. The van der Waals surface area contributed by atoms with Gasteiger partial charge in [-0.15, -0.1) is 0 Å². The largest absolute Gasteiger partial charge is 0.436 e. The predicted octanol–water partition coefficient (Wildman–Crippen LogP) is 10.4. The molecule has 0 unspecified atom stereocenters.